The lowest BCUT2D eigenvalue weighted by Gasteiger charge is -2.04. The average molecular weight is 193 g/mol. The molecular formula is C10H15N3O. The minimum atomic E-state index is -0.0720. The molecule has 1 saturated carbocycles. The number of carbonyl (C=O) groups excluding carboxylic acids is 1. The number of amides is 1. The average Bonchev–Trinajstić information content (AvgIpc) is 2.52. The molecule has 2 rings (SSSR count). The first-order chi connectivity index (χ1) is 6.49. The van der Waals surface area contributed by atoms with Gasteiger partial charge in [-0.1, -0.05) is 13.8 Å². The quantitative estimate of drug-likeness (QED) is 0.658. The Labute approximate surface area is 82.9 Å². The van der Waals surface area contributed by atoms with Crippen molar-refractivity contribution < 1.29 is 4.79 Å². The Hall–Kier alpha value is -1.45. The van der Waals surface area contributed by atoms with Crippen molar-refractivity contribution in [1.29, 1.82) is 0 Å². The van der Waals surface area contributed by atoms with E-state index >= 15 is 0 Å². The van der Waals surface area contributed by atoms with Crippen LogP contribution in [0.3, 0.4) is 0 Å². The van der Waals surface area contributed by atoms with Crippen molar-refractivity contribution in [1.82, 2.24) is 10.3 Å². The van der Waals surface area contributed by atoms with Crippen molar-refractivity contribution in [3.63, 3.8) is 0 Å². The standard InChI is InChI=1S/C10H15N3O/c1-10(2)4-8(10)13-9(14)7-3-6(11)5-12-7/h3,5,8,12H,4,11H2,1-2H3,(H,13,14). The lowest BCUT2D eigenvalue weighted by atomic mass is 10.2. The van der Waals surface area contributed by atoms with Crippen molar-refractivity contribution >= 4 is 11.6 Å². The molecule has 1 aromatic rings. The van der Waals surface area contributed by atoms with Crippen LogP contribution in [0.2, 0.25) is 0 Å². The molecule has 0 saturated heterocycles. The van der Waals surface area contributed by atoms with Gasteiger partial charge in [-0.05, 0) is 17.9 Å². The Bertz CT molecular complexity index is 367. The minimum Gasteiger partial charge on any atom is -0.397 e. The summed E-state index contributed by atoms with van der Waals surface area (Å²) in [5.41, 5.74) is 6.88. The molecule has 1 aromatic heterocycles. The molecule has 4 N–H and O–H groups in total. The Morgan fingerprint density at radius 1 is 1.71 bits per heavy atom. The number of aromatic amines is 1. The molecule has 1 aliphatic carbocycles. The first-order valence-corrected chi connectivity index (χ1v) is 4.74. The van der Waals surface area contributed by atoms with E-state index < -0.39 is 0 Å². The zero-order valence-electron chi connectivity index (χ0n) is 8.42. The van der Waals surface area contributed by atoms with Gasteiger partial charge in [0, 0.05) is 17.9 Å². The number of nitrogens with one attached hydrogen (secondary N) is 2. The van der Waals surface area contributed by atoms with Crippen molar-refractivity contribution in [3.8, 4) is 0 Å². The van der Waals surface area contributed by atoms with Gasteiger partial charge >= 0.3 is 0 Å². The molecule has 1 aliphatic rings. The Kier molecular flexibility index (Phi) is 1.80. The molecule has 1 atom stereocenters. The molecule has 0 bridgehead atoms. The van der Waals surface area contributed by atoms with Gasteiger partial charge in [0.05, 0.1) is 0 Å². The molecule has 1 unspecified atom stereocenters. The van der Waals surface area contributed by atoms with E-state index in [0.717, 1.165) is 6.42 Å². The zero-order chi connectivity index (χ0) is 10.3. The molecule has 1 amide bonds. The fourth-order valence-electron chi connectivity index (χ4n) is 1.49. The van der Waals surface area contributed by atoms with Gasteiger partial charge < -0.3 is 16.0 Å². The van der Waals surface area contributed by atoms with Gasteiger partial charge in [-0.2, -0.15) is 0 Å². The predicted molar refractivity (Wildman–Crippen MR) is 54.9 cm³/mol. The number of nitrogen functional groups attached to an aromatic ring is 1. The normalized spacial score (nSPS) is 23.1. The SMILES string of the molecule is CC1(C)CC1NC(=O)c1cc(N)c[nH]1. The Morgan fingerprint density at radius 3 is 2.79 bits per heavy atom. The van der Waals surface area contributed by atoms with Crippen molar-refractivity contribution in [2.75, 3.05) is 5.73 Å². The number of rotatable bonds is 2. The molecule has 0 spiro atoms. The van der Waals surface area contributed by atoms with E-state index in [1.165, 1.54) is 0 Å². The van der Waals surface area contributed by atoms with Crippen LogP contribution in [0.25, 0.3) is 0 Å². The number of carbonyl (C=O) groups is 1. The molecule has 1 heterocycles. The molecule has 0 aromatic carbocycles. The molecule has 0 aliphatic heterocycles. The van der Waals surface area contributed by atoms with Crippen LogP contribution in [-0.2, 0) is 0 Å². The van der Waals surface area contributed by atoms with Gasteiger partial charge in [0.25, 0.3) is 5.91 Å². The first kappa shape index (κ1) is 9.12. The second kappa shape index (κ2) is 2.77. The Balaban J connectivity index is 1.97. The fraction of sp³-hybridized carbons (Fsp3) is 0.500. The highest BCUT2D eigenvalue weighted by molar-refractivity contribution is 5.93. The molecule has 14 heavy (non-hydrogen) atoms. The molecule has 0 radical (unpaired) electrons. The lowest BCUT2D eigenvalue weighted by molar-refractivity contribution is 0.0942. The van der Waals surface area contributed by atoms with Crippen LogP contribution in [0, 0.1) is 5.41 Å². The van der Waals surface area contributed by atoms with E-state index in [1.807, 2.05) is 0 Å². The highest BCUT2D eigenvalue weighted by Gasteiger charge is 2.46. The number of hydrogen-bond donors (Lipinski definition) is 3. The number of aromatic nitrogens is 1. The van der Waals surface area contributed by atoms with Gasteiger partial charge in [-0.3, -0.25) is 4.79 Å². The summed E-state index contributed by atoms with van der Waals surface area (Å²) in [5, 5.41) is 2.95. The maximum atomic E-state index is 11.6. The van der Waals surface area contributed by atoms with E-state index in [1.54, 1.807) is 12.3 Å². The fourth-order valence-corrected chi connectivity index (χ4v) is 1.49. The van der Waals surface area contributed by atoms with E-state index in [-0.39, 0.29) is 11.3 Å². The maximum Gasteiger partial charge on any atom is 0.268 e. The van der Waals surface area contributed by atoms with Gasteiger partial charge in [0.15, 0.2) is 0 Å². The third-order valence-corrected chi connectivity index (χ3v) is 2.77. The summed E-state index contributed by atoms with van der Waals surface area (Å²) in [5.74, 6) is -0.0720. The molecular weight excluding hydrogens is 178 g/mol. The summed E-state index contributed by atoms with van der Waals surface area (Å²) in [6.45, 7) is 4.28. The van der Waals surface area contributed by atoms with Crippen LogP contribution in [0.1, 0.15) is 30.8 Å². The van der Waals surface area contributed by atoms with Crippen LogP contribution in [-0.4, -0.2) is 16.9 Å². The maximum absolute atomic E-state index is 11.6. The highest BCUT2D eigenvalue weighted by Crippen LogP contribution is 2.44. The van der Waals surface area contributed by atoms with E-state index in [2.05, 4.69) is 24.1 Å². The third-order valence-electron chi connectivity index (χ3n) is 2.77. The molecule has 76 valence electrons. The number of hydrogen-bond acceptors (Lipinski definition) is 2. The highest BCUT2D eigenvalue weighted by atomic mass is 16.2. The van der Waals surface area contributed by atoms with Gasteiger partial charge in [-0.25, -0.2) is 0 Å². The van der Waals surface area contributed by atoms with Crippen LogP contribution < -0.4 is 11.1 Å². The van der Waals surface area contributed by atoms with Crippen LogP contribution in [0.15, 0.2) is 12.3 Å². The number of anilines is 1. The summed E-state index contributed by atoms with van der Waals surface area (Å²) in [7, 11) is 0. The largest absolute Gasteiger partial charge is 0.397 e. The smallest absolute Gasteiger partial charge is 0.268 e. The van der Waals surface area contributed by atoms with E-state index in [4.69, 9.17) is 5.73 Å². The number of H-pyrrole nitrogens is 1. The van der Waals surface area contributed by atoms with Crippen LogP contribution >= 0.6 is 0 Å². The van der Waals surface area contributed by atoms with Crippen molar-refractivity contribution in [2.24, 2.45) is 5.41 Å². The second-order valence-corrected chi connectivity index (χ2v) is 4.57. The lowest BCUT2D eigenvalue weighted by Crippen LogP contribution is -2.28. The van der Waals surface area contributed by atoms with Gasteiger partial charge in [0.2, 0.25) is 0 Å². The summed E-state index contributed by atoms with van der Waals surface area (Å²) < 4.78 is 0. The van der Waals surface area contributed by atoms with Crippen molar-refractivity contribution in [2.45, 2.75) is 26.3 Å². The molecule has 4 heteroatoms. The first-order valence-electron chi connectivity index (χ1n) is 4.74. The van der Waals surface area contributed by atoms with E-state index in [0.29, 0.717) is 17.4 Å². The summed E-state index contributed by atoms with van der Waals surface area (Å²) in [4.78, 5) is 14.4. The summed E-state index contributed by atoms with van der Waals surface area (Å²) in [6.07, 6.45) is 2.67. The molecule has 1 fully saturated rings. The topological polar surface area (TPSA) is 70.9 Å². The molecule has 4 nitrogen and oxygen atoms in total. The third kappa shape index (κ3) is 1.60. The van der Waals surface area contributed by atoms with Gasteiger partial charge in [-0.15, -0.1) is 0 Å². The van der Waals surface area contributed by atoms with Gasteiger partial charge in [0.1, 0.15) is 5.69 Å². The summed E-state index contributed by atoms with van der Waals surface area (Å²) >= 11 is 0. The van der Waals surface area contributed by atoms with Crippen molar-refractivity contribution in [3.05, 3.63) is 18.0 Å². The number of nitrogens with two attached hydrogens (primary N) is 1. The Morgan fingerprint density at radius 2 is 2.36 bits per heavy atom. The second-order valence-electron chi connectivity index (χ2n) is 4.57. The zero-order valence-corrected chi connectivity index (χ0v) is 8.42. The minimum absolute atomic E-state index is 0.0720. The monoisotopic (exact) mass is 193 g/mol. The predicted octanol–water partition coefficient (Wildman–Crippen LogP) is 1.13. The van der Waals surface area contributed by atoms with Crippen LogP contribution in [0.4, 0.5) is 5.69 Å². The summed E-state index contributed by atoms with van der Waals surface area (Å²) in [6, 6.07) is 1.95. The van der Waals surface area contributed by atoms with E-state index in [9.17, 15) is 4.79 Å². The van der Waals surface area contributed by atoms with Crippen LogP contribution in [0.5, 0.6) is 0 Å².